The van der Waals surface area contributed by atoms with Gasteiger partial charge in [0.25, 0.3) is 0 Å². The third kappa shape index (κ3) is 0.743. The highest BCUT2D eigenvalue weighted by molar-refractivity contribution is 5.86. The Bertz CT molecular complexity index is 207. The van der Waals surface area contributed by atoms with Gasteiger partial charge in [-0.25, -0.2) is 0 Å². The number of hydrogen-bond acceptors (Lipinski definition) is 1. The summed E-state index contributed by atoms with van der Waals surface area (Å²) in [5.41, 5.74) is 0.455. The first-order chi connectivity index (χ1) is 5.08. The van der Waals surface area contributed by atoms with Gasteiger partial charge in [-0.1, -0.05) is 20.8 Å². The first-order valence-corrected chi connectivity index (χ1v) is 4.60. The Kier molecular flexibility index (Phi) is 1.25. The fourth-order valence-electron chi connectivity index (χ4n) is 2.81. The first-order valence-electron chi connectivity index (χ1n) is 4.60. The van der Waals surface area contributed by atoms with E-state index in [4.69, 9.17) is 0 Å². The van der Waals surface area contributed by atoms with Gasteiger partial charge in [-0.15, -0.1) is 0 Å². The minimum atomic E-state index is 0.373. The van der Waals surface area contributed by atoms with Gasteiger partial charge in [-0.2, -0.15) is 0 Å². The lowest BCUT2D eigenvalue weighted by Crippen LogP contribution is -2.10. The molecule has 0 N–H and O–H groups in total. The van der Waals surface area contributed by atoms with Crippen molar-refractivity contribution >= 4 is 5.78 Å². The Morgan fingerprint density at radius 2 is 2.18 bits per heavy atom. The van der Waals surface area contributed by atoms with Gasteiger partial charge in [0.1, 0.15) is 5.78 Å². The lowest BCUT2D eigenvalue weighted by Gasteiger charge is -2.14. The second-order valence-corrected chi connectivity index (χ2v) is 4.63. The van der Waals surface area contributed by atoms with Crippen LogP contribution in [-0.2, 0) is 4.79 Å². The average Bonchev–Trinajstić information content (AvgIpc) is 2.57. The Labute approximate surface area is 68.2 Å². The van der Waals surface area contributed by atoms with E-state index in [2.05, 4.69) is 20.8 Å². The number of Topliss-reactive ketones (excluding diaryl/α,β-unsaturated/α-hetero) is 1. The highest BCUT2D eigenvalue weighted by atomic mass is 16.1. The number of fused-ring (bicyclic) bond motifs is 1. The third-order valence-corrected chi connectivity index (χ3v) is 3.94. The number of carbonyl (C=O) groups excluding carboxylic acids is 1. The summed E-state index contributed by atoms with van der Waals surface area (Å²) in [5.74, 6) is 2.34. The molecule has 11 heavy (non-hydrogen) atoms. The van der Waals surface area contributed by atoms with Gasteiger partial charge in [-0.3, -0.25) is 4.79 Å². The number of hydrogen-bond donors (Lipinski definition) is 0. The molecule has 0 aromatic carbocycles. The molecule has 0 amide bonds. The molecular weight excluding hydrogens is 136 g/mol. The van der Waals surface area contributed by atoms with Gasteiger partial charge in [0.15, 0.2) is 0 Å². The van der Waals surface area contributed by atoms with Crippen LogP contribution in [0.15, 0.2) is 0 Å². The zero-order valence-corrected chi connectivity index (χ0v) is 7.55. The molecule has 62 valence electrons. The largest absolute Gasteiger partial charge is 0.299 e. The van der Waals surface area contributed by atoms with Crippen LogP contribution in [0.3, 0.4) is 0 Å². The van der Waals surface area contributed by atoms with Crippen molar-refractivity contribution in [2.75, 3.05) is 0 Å². The van der Waals surface area contributed by atoms with Gasteiger partial charge >= 0.3 is 0 Å². The molecular formula is C10H16O. The van der Waals surface area contributed by atoms with Crippen LogP contribution in [0.2, 0.25) is 0 Å². The molecule has 2 aliphatic carbocycles. The van der Waals surface area contributed by atoms with Crippen molar-refractivity contribution < 1.29 is 4.79 Å². The van der Waals surface area contributed by atoms with Crippen LogP contribution in [0.25, 0.3) is 0 Å². The Hall–Kier alpha value is -0.330. The molecule has 1 unspecified atom stereocenters. The minimum absolute atomic E-state index is 0.373. The number of ketones is 1. The smallest absolute Gasteiger partial charge is 0.136 e. The van der Waals surface area contributed by atoms with Crippen molar-refractivity contribution in [3.05, 3.63) is 0 Å². The van der Waals surface area contributed by atoms with E-state index in [1.54, 1.807) is 0 Å². The quantitative estimate of drug-likeness (QED) is 0.563. The van der Waals surface area contributed by atoms with E-state index in [0.29, 0.717) is 23.0 Å². The summed E-state index contributed by atoms with van der Waals surface area (Å²) in [6.45, 7) is 6.61. The number of carbonyl (C=O) groups is 1. The van der Waals surface area contributed by atoms with Crippen LogP contribution in [0.4, 0.5) is 0 Å². The zero-order chi connectivity index (χ0) is 8.22. The van der Waals surface area contributed by atoms with Crippen LogP contribution in [-0.4, -0.2) is 5.78 Å². The average molecular weight is 152 g/mol. The van der Waals surface area contributed by atoms with Crippen LogP contribution in [0.1, 0.15) is 33.6 Å². The Morgan fingerprint density at radius 3 is 2.45 bits per heavy atom. The molecule has 2 fully saturated rings. The minimum Gasteiger partial charge on any atom is -0.299 e. The molecule has 2 rings (SSSR count). The van der Waals surface area contributed by atoms with Crippen LogP contribution in [0.5, 0.6) is 0 Å². The van der Waals surface area contributed by atoms with Crippen LogP contribution < -0.4 is 0 Å². The molecule has 0 aliphatic heterocycles. The predicted octanol–water partition coefficient (Wildman–Crippen LogP) is 2.26. The summed E-state index contributed by atoms with van der Waals surface area (Å²) in [6.07, 6.45) is 2.19. The SMILES string of the molecule is CC1C(=O)C[C@@]2(C(C)C)C[C@@H]12. The van der Waals surface area contributed by atoms with Crippen molar-refractivity contribution in [1.29, 1.82) is 0 Å². The van der Waals surface area contributed by atoms with Crippen LogP contribution >= 0.6 is 0 Å². The van der Waals surface area contributed by atoms with E-state index in [1.165, 1.54) is 6.42 Å². The fraction of sp³-hybridized carbons (Fsp3) is 0.900. The van der Waals surface area contributed by atoms with Crippen molar-refractivity contribution in [2.24, 2.45) is 23.2 Å². The monoisotopic (exact) mass is 152 g/mol. The molecule has 1 nitrogen and oxygen atoms in total. The summed E-state index contributed by atoms with van der Waals surface area (Å²) < 4.78 is 0. The topological polar surface area (TPSA) is 17.1 Å². The van der Waals surface area contributed by atoms with Crippen molar-refractivity contribution in [3.8, 4) is 0 Å². The second-order valence-electron chi connectivity index (χ2n) is 4.63. The highest BCUT2D eigenvalue weighted by Crippen LogP contribution is 2.68. The van der Waals surface area contributed by atoms with Gasteiger partial charge in [0.05, 0.1) is 0 Å². The normalized spacial score (nSPS) is 48.2. The zero-order valence-electron chi connectivity index (χ0n) is 7.55. The summed E-state index contributed by atoms with van der Waals surface area (Å²) >= 11 is 0. The lowest BCUT2D eigenvalue weighted by atomic mass is 9.90. The molecule has 1 heteroatoms. The van der Waals surface area contributed by atoms with E-state index in [-0.39, 0.29) is 0 Å². The standard InChI is InChI=1S/C10H16O/c1-6(2)10-4-8(10)7(3)9(11)5-10/h6-8H,4-5H2,1-3H3/t7?,8-,10+/m0/s1. The maximum atomic E-state index is 11.3. The molecule has 0 aromatic heterocycles. The molecule has 0 spiro atoms. The predicted molar refractivity (Wildman–Crippen MR) is 44.2 cm³/mol. The molecule has 2 saturated carbocycles. The molecule has 3 atom stereocenters. The Morgan fingerprint density at radius 1 is 1.55 bits per heavy atom. The maximum absolute atomic E-state index is 11.3. The summed E-state index contributed by atoms with van der Waals surface area (Å²) in [6, 6.07) is 0. The van der Waals surface area contributed by atoms with Crippen molar-refractivity contribution in [2.45, 2.75) is 33.6 Å². The van der Waals surface area contributed by atoms with E-state index in [0.717, 1.165) is 12.3 Å². The summed E-state index contributed by atoms with van der Waals surface area (Å²) in [5, 5.41) is 0. The molecule has 2 aliphatic rings. The first kappa shape index (κ1) is 7.33. The van der Waals surface area contributed by atoms with Crippen LogP contribution in [0, 0.1) is 23.2 Å². The second kappa shape index (κ2) is 1.88. The third-order valence-electron chi connectivity index (χ3n) is 3.94. The number of rotatable bonds is 1. The van der Waals surface area contributed by atoms with Gasteiger partial charge in [0.2, 0.25) is 0 Å². The fourth-order valence-corrected chi connectivity index (χ4v) is 2.81. The van der Waals surface area contributed by atoms with E-state index >= 15 is 0 Å². The van der Waals surface area contributed by atoms with Crippen molar-refractivity contribution in [1.82, 2.24) is 0 Å². The summed E-state index contributed by atoms with van der Waals surface area (Å²) in [4.78, 5) is 11.3. The van der Waals surface area contributed by atoms with E-state index in [9.17, 15) is 4.79 Å². The molecule has 0 heterocycles. The highest BCUT2D eigenvalue weighted by Gasteiger charge is 2.64. The van der Waals surface area contributed by atoms with Crippen molar-refractivity contribution in [3.63, 3.8) is 0 Å². The molecule has 0 radical (unpaired) electrons. The molecule has 0 saturated heterocycles. The van der Waals surface area contributed by atoms with Gasteiger partial charge in [-0.05, 0) is 23.7 Å². The van der Waals surface area contributed by atoms with E-state index < -0.39 is 0 Å². The van der Waals surface area contributed by atoms with Gasteiger partial charge in [0, 0.05) is 12.3 Å². The van der Waals surface area contributed by atoms with E-state index in [1.807, 2.05) is 0 Å². The molecule has 0 aromatic rings. The molecule has 0 bridgehead atoms. The lowest BCUT2D eigenvalue weighted by molar-refractivity contribution is -0.121. The Balaban J connectivity index is 2.20. The van der Waals surface area contributed by atoms with Gasteiger partial charge < -0.3 is 0 Å². The maximum Gasteiger partial charge on any atom is 0.136 e. The summed E-state index contributed by atoms with van der Waals surface area (Å²) in [7, 11) is 0.